The van der Waals surface area contributed by atoms with Crippen molar-refractivity contribution in [3.63, 3.8) is 0 Å². The Morgan fingerprint density at radius 1 is 1.15 bits per heavy atom. The molecule has 3 N–H and O–H groups in total. The largest absolute Gasteiger partial charge is 0.271 e. The number of halogens is 2. The second-order valence-electron chi connectivity index (χ2n) is 4.45. The van der Waals surface area contributed by atoms with Gasteiger partial charge in [-0.3, -0.25) is 5.84 Å². The summed E-state index contributed by atoms with van der Waals surface area (Å²) in [5.41, 5.74) is 3.17. The summed E-state index contributed by atoms with van der Waals surface area (Å²) in [5.74, 6) is 5.26. The van der Waals surface area contributed by atoms with E-state index in [2.05, 4.69) is 5.43 Å². The molecule has 1 atom stereocenters. The van der Waals surface area contributed by atoms with E-state index in [-0.39, 0.29) is 11.9 Å². The average molecular weight is 307 g/mol. The second kappa shape index (κ2) is 5.50. The predicted octanol–water partition coefficient (Wildman–Crippen LogP) is 4.25. The predicted molar refractivity (Wildman–Crippen MR) is 82.4 cm³/mol. The van der Waals surface area contributed by atoms with Crippen LogP contribution >= 0.6 is 22.9 Å². The molecule has 0 aliphatic heterocycles. The van der Waals surface area contributed by atoms with Gasteiger partial charge in [0.15, 0.2) is 0 Å². The van der Waals surface area contributed by atoms with Gasteiger partial charge in [0, 0.05) is 20.2 Å². The molecule has 0 aliphatic carbocycles. The first kappa shape index (κ1) is 13.5. The van der Waals surface area contributed by atoms with E-state index in [1.165, 1.54) is 6.07 Å². The molecule has 0 bridgehead atoms. The molecular weight excluding hydrogens is 295 g/mol. The van der Waals surface area contributed by atoms with E-state index in [0.29, 0.717) is 10.6 Å². The molecule has 1 heterocycles. The van der Waals surface area contributed by atoms with Crippen LogP contribution in [0.2, 0.25) is 5.02 Å². The van der Waals surface area contributed by atoms with E-state index in [1.54, 1.807) is 23.5 Å². The van der Waals surface area contributed by atoms with E-state index in [0.717, 1.165) is 15.0 Å². The zero-order valence-electron chi connectivity index (χ0n) is 10.4. The standard InChI is InChI=1S/C15H12ClFN2S/c16-10-5-6-11(12(17)8-10)15(19-18)14-7-9-3-1-2-4-13(9)20-14/h1-8,15,19H,18H2. The molecule has 0 radical (unpaired) electrons. The van der Waals surface area contributed by atoms with Gasteiger partial charge >= 0.3 is 0 Å². The van der Waals surface area contributed by atoms with Gasteiger partial charge in [0.2, 0.25) is 0 Å². The summed E-state index contributed by atoms with van der Waals surface area (Å²) in [5, 5.41) is 1.50. The van der Waals surface area contributed by atoms with E-state index < -0.39 is 0 Å². The molecule has 0 fully saturated rings. The van der Waals surface area contributed by atoms with Crippen LogP contribution in [-0.2, 0) is 0 Å². The van der Waals surface area contributed by atoms with Crippen LogP contribution in [0.3, 0.4) is 0 Å². The maximum Gasteiger partial charge on any atom is 0.129 e. The summed E-state index contributed by atoms with van der Waals surface area (Å²) in [6.07, 6.45) is 0. The lowest BCUT2D eigenvalue weighted by Gasteiger charge is -2.15. The lowest BCUT2D eigenvalue weighted by Crippen LogP contribution is -2.28. The zero-order valence-corrected chi connectivity index (χ0v) is 12.0. The van der Waals surface area contributed by atoms with Crippen LogP contribution in [0.5, 0.6) is 0 Å². The molecule has 1 aromatic heterocycles. The first-order valence-electron chi connectivity index (χ1n) is 6.08. The lowest BCUT2D eigenvalue weighted by molar-refractivity contribution is 0.564. The zero-order chi connectivity index (χ0) is 14.1. The highest BCUT2D eigenvalue weighted by molar-refractivity contribution is 7.19. The van der Waals surface area contributed by atoms with Crippen molar-refractivity contribution in [2.24, 2.45) is 5.84 Å². The van der Waals surface area contributed by atoms with Crippen molar-refractivity contribution in [2.75, 3.05) is 0 Å². The minimum absolute atomic E-state index is 0.363. The summed E-state index contributed by atoms with van der Waals surface area (Å²) >= 11 is 7.38. The Hall–Kier alpha value is -1.46. The third-order valence-electron chi connectivity index (χ3n) is 3.17. The fourth-order valence-corrected chi connectivity index (χ4v) is 3.51. The Balaban J connectivity index is 2.08. The third kappa shape index (κ3) is 2.43. The summed E-state index contributed by atoms with van der Waals surface area (Å²) in [6, 6.07) is 14.3. The molecule has 0 spiro atoms. The molecule has 1 unspecified atom stereocenters. The Labute approximate surface area is 125 Å². The smallest absolute Gasteiger partial charge is 0.129 e. The Morgan fingerprint density at radius 2 is 1.95 bits per heavy atom. The number of nitrogens with one attached hydrogen (secondary N) is 1. The Kier molecular flexibility index (Phi) is 3.72. The molecule has 3 aromatic rings. The maximum atomic E-state index is 14.1. The highest BCUT2D eigenvalue weighted by Gasteiger charge is 2.19. The van der Waals surface area contributed by atoms with Crippen molar-refractivity contribution in [3.05, 3.63) is 69.8 Å². The topological polar surface area (TPSA) is 38.0 Å². The van der Waals surface area contributed by atoms with Crippen LogP contribution in [0.25, 0.3) is 10.1 Å². The first-order chi connectivity index (χ1) is 9.69. The third-order valence-corrected chi connectivity index (χ3v) is 4.59. The summed E-state index contributed by atoms with van der Waals surface area (Å²) in [6.45, 7) is 0. The second-order valence-corrected chi connectivity index (χ2v) is 6.00. The number of fused-ring (bicyclic) bond motifs is 1. The van der Waals surface area contributed by atoms with Crippen LogP contribution in [0.4, 0.5) is 4.39 Å². The van der Waals surface area contributed by atoms with Gasteiger partial charge in [-0.2, -0.15) is 0 Å². The highest BCUT2D eigenvalue weighted by Crippen LogP contribution is 2.34. The van der Waals surface area contributed by atoms with Crippen molar-refractivity contribution in [1.82, 2.24) is 5.43 Å². The molecule has 5 heteroatoms. The summed E-state index contributed by atoms with van der Waals surface area (Å²) < 4.78 is 15.2. The van der Waals surface area contributed by atoms with Crippen LogP contribution in [0.15, 0.2) is 48.5 Å². The van der Waals surface area contributed by atoms with Gasteiger partial charge in [0.05, 0.1) is 6.04 Å². The van der Waals surface area contributed by atoms with Crippen molar-refractivity contribution >= 4 is 33.0 Å². The number of nitrogens with two attached hydrogens (primary N) is 1. The SMILES string of the molecule is NNC(c1cc2ccccc2s1)c1ccc(Cl)cc1F. The monoisotopic (exact) mass is 306 g/mol. The normalized spacial score (nSPS) is 12.8. The summed E-state index contributed by atoms with van der Waals surface area (Å²) in [4.78, 5) is 0.968. The molecular formula is C15H12ClFN2S. The number of rotatable bonds is 3. The minimum atomic E-state index is -0.385. The van der Waals surface area contributed by atoms with Gasteiger partial charge in [0.1, 0.15) is 5.82 Å². The first-order valence-corrected chi connectivity index (χ1v) is 7.28. The summed E-state index contributed by atoms with van der Waals surface area (Å²) in [7, 11) is 0. The van der Waals surface area contributed by atoms with E-state index in [1.807, 2.05) is 30.3 Å². The molecule has 0 aliphatic rings. The Morgan fingerprint density at radius 3 is 2.65 bits per heavy atom. The molecule has 2 aromatic carbocycles. The van der Waals surface area contributed by atoms with Crippen LogP contribution in [-0.4, -0.2) is 0 Å². The quantitative estimate of drug-likeness (QED) is 0.561. The van der Waals surface area contributed by atoms with E-state index in [9.17, 15) is 4.39 Å². The average Bonchev–Trinajstić information content (AvgIpc) is 2.85. The van der Waals surface area contributed by atoms with E-state index >= 15 is 0 Å². The number of thiophene rings is 1. The van der Waals surface area contributed by atoms with Crippen LogP contribution in [0.1, 0.15) is 16.5 Å². The fraction of sp³-hybridized carbons (Fsp3) is 0.0667. The van der Waals surface area contributed by atoms with Crippen LogP contribution in [0, 0.1) is 5.82 Å². The van der Waals surface area contributed by atoms with Crippen molar-refractivity contribution in [3.8, 4) is 0 Å². The van der Waals surface area contributed by atoms with Gasteiger partial charge in [0.25, 0.3) is 0 Å². The van der Waals surface area contributed by atoms with Gasteiger partial charge in [-0.1, -0.05) is 35.9 Å². The molecule has 0 saturated heterocycles. The van der Waals surface area contributed by atoms with Gasteiger partial charge in [-0.25, -0.2) is 9.82 Å². The Bertz CT molecular complexity index is 723. The molecule has 20 heavy (non-hydrogen) atoms. The van der Waals surface area contributed by atoms with Crippen molar-refractivity contribution in [2.45, 2.75) is 6.04 Å². The highest BCUT2D eigenvalue weighted by atomic mass is 35.5. The van der Waals surface area contributed by atoms with Crippen LogP contribution < -0.4 is 11.3 Å². The number of hydrazine groups is 1. The minimum Gasteiger partial charge on any atom is -0.271 e. The van der Waals surface area contributed by atoms with Crippen molar-refractivity contribution in [1.29, 1.82) is 0 Å². The molecule has 0 saturated carbocycles. The number of benzene rings is 2. The fourth-order valence-electron chi connectivity index (χ4n) is 2.21. The molecule has 0 amide bonds. The van der Waals surface area contributed by atoms with Crippen molar-refractivity contribution < 1.29 is 4.39 Å². The number of hydrogen-bond acceptors (Lipinski definition) is 3. The lowest BCUT2D eigenvalue weighted by atomic mass is 10.0. The van der Waals surface area contributed by atoms with E-state index in [4.69, 9.17) is 17.4 Å². The van der Waals surface area contributed by atoms with Gasteiger partial charge in [-0.05, 0) is 29.7 Å². The van der Waals surface area contributed by atoms with Gasteiger partial charge < -0.3 is 0 Å². The number of hydrogen-bond donors (Lipinski definition) is 2. The molecule has 3 rings (SSSR count). The van der Waals surface area contributed by atoms with Gasteiger partial charge in [-0.15, -0.1) is 11.3 Å². The molecule has 102 valence electrons. The molecule has 2 nitrogen and oxygen atoms in total. The maximum absolute atomic E-state index is 14.1.